The Morgan fingerprint density at radius 1 is 1.40 bits per heavy atom. The summed E-state index contributed by atoms with van der Waals surface area (Å²) in [6.45, 7) is 2.46. The molecule has 7 nitrogen and oxygen atoms in total. The van der Waals surface area contributed by atoms with Crippen molar-refractivity contribution in [3.63, 3.8) is 0 Å². The third kappa shape index (κ3) is 3.09. The molecule has 1 saturated heterocycles. The van der Waals surface area contributed by atoms with Gasteiger partial charge in [0.1, 0.15) is 0 Å². The molecule has 1 fully saturated rings. The lowest BCUT2D eigenvalue weighted by Gasteiger charge is -2.15. The van der Waals surface area contributed by atoms with Gasteiger partial charge in [-0.1, -0.05) is 13.0 Å². The molecule has 1 aliphatic heterocycles. The summed E-state index contributed by atoms with van der Waals surface area (Å²) in [5.74, 6) is 0.0773. The van der Waals surface area contributed by atoms with E-state index in [0.29, 0.717) is 6.54 Å². The number of nitro groups is 1. The van der Waals surface area contributed by atoms with Gasteiger partial charge in [0.25, 0.3) is 5.69 Å². The summed E-state index contributed by atoms with van der Waals surface area (Å²) in [4.78, 5) is 10.0. The molecule has 1 heterocycles. The zero-order valence-electron chi connectivity index (χ0n) is 10.8. The first-order valence-corrected chi connectivity index (χ1v) is 7.26. The zero-order chi connectivity index (χ0) is 14.2. The predicted molar refractivity (Wildman–Crippen MR) is 76.2 cm³/mol. The molecular weight excluding hydrogens is 306 g/mol. The second-order valence-corrected chi connectivity index (χ2v) is 6.66. The van der Waals surface area contributed by atoms with E-state index in [1.807, 2.05) is 6.92 Å². The van der Waals surface area contributed by atoms with Crippen LogP contribution in [0.2, 0.25) is 0 Å². The third-order valence-electron chi connectivity index (χ3n) is 3.30. The molecule has 20 heavy (non-hydrogen) atoms. The van der Waals surface area contributed by atoms with Crippen LogP contribution in [0.1, 0.15) is 6.92 Å². The normalized spacial score (nSPS) is 23.3. The van der Waals surface area contributed by atoms with Crippen LogP contribution < -0.4 is 5.73 Å². The van der Waals surface area contributed by atoms with Gasteiger partial charge in [0.15, 0.2) is 0 Å². The minimum absolute atomic E-state index is 0. The Balaban J connectivity index is 0.00000200. The Kier molecular flexibility index (Phi) is 5.09. The van der Waals surface area contributed by atoms with Crippen molar-refractivity contribution in [1.29, 1.82) is 0 Å². The van der Waals surface area contributed by atoms with E-state index in [2.05, 4.69) is 0 Å². The van der Waals surface area contributed by atoms with E-state index in [9.17, 15) is 18.5 Å². The van der Waals surface area contributed by atoms with E-state index in [1.54, 1.807) is 0 Å². The number of hydrogen-bond acceptors (Lipinski definition) is 5. The highest BCUT2D eigenvalue weighted by Crippen LogP contribution is 2.25. The van der Waals surface area contributed by atoms with Gasteiger partial charge in [0.2, 0.25) is 10.0 Å². The molecule has 9 heteroatoms. The molecule has 0 bridgehead atoms. The van der Waals surface area contributed by atoms with E-state index in [-0.39, 0.29) is 41.5 Å². The zero-order valence-corrected chi connectivity index (χ0v) is 12.4. The van der Waals surface area contributed by atoms with Crippen molar-refractivity contribution in [2.24, 2.45) is 11.7 Å². The molecule has 112 valence electrons. The van der Waals surface area contributed by atoms with Crippen molar-refractivity contribution in [1.82, 2.24) is 4.31 Å². The fourth-order valence-electron chi connectivity index (χ4n) is 2.05. The average molecular weight is 322 g/mol. The molecule has 0 aromatic heterocycles. The number of nitrogens with zero attached hydrogens (tertiary/aromatic N) is 2. The van der Waals surface area contributed by atoms with Crippen molar-refractivity contribution in [2.75, 3.05) is 13.1 Å². The minimum Gasteiger partial charge on any atom is -0.326 e. The number of halogens is 1. The Morgan fingerprint density at radius 3 is 2.55 bits per heavy atom. The summed E-state index contributed by atoms with van der Waals surface area (Å²) in [5.41, 5.74) is 5.57. The fourth-order valence-corrected chi connectivity index (χ4v) is 3.67. The van der Waals surface area contributed by atoms with Crippen LogP contribution in [0.5, 0.6) is 0 Å². The van der Waals surface area contributed by atoms with Gasteiger partial charge in [0.05, 0.1) is 9.82 Å². The lowest BCUT2D eigenvalue weighted by molar-refractivity contribution is -0.385. The first-order chi connectivity index (χ1) is 8.82. The molecule has 2 unspecified atom stereocenters. The molecule has 2 rings (SSSR count). The van der Waals surface area contributed by atoms with E-state index >= 15 is 0 Å². The summed E-state index contributed by atoms with van der Waals surface area (Å²) in [7, 11) is -3.71. The van der Waals surface area contributed by atoms with Crippen LogP contribution in [-0.4, -0.2) is 36.8 Å². The molecule has 0 saturated carbocycles. The van der Waals surface area contributed by atoms with Gasteiger partial charge in [-0.05, 0) is 12.0 Å². The monoisotopic (exact) mass is 321 g/mol. The van der Waals surface area contributed by atoms with E-state index < -0.39 is 14.9 Å². The number of non-ortho nitro benzene ring substituents is 1. The maximum atomic E-state index is 12.3. The first kappa shape index (κ1) is 16.8. The molecule has 2 N–H and O–H groups in total. The number of hydrogen-bond donors (Lipinski definition) is 1. The summed E-state index contributed by atoms with van der Waals surface area (Å²) < 4.78 is 26.0. The van der Waals surface area contributed by atoms with Crippen LogP contribution in [0.25, 0.3) is 0 Å². The maximum absolute atomic E-state index is 12.3. The first-order valence-electron chi connectivity index (χ1n) is 5.82. The lowest BCUT2D eigenvalue weighted by Crippen LogP contribution is -2.32. The van der Waals surface area contributed by atoms with Crippen LogP contribution in [0.4, 0.5) is 5.69 Å². The average Bonchev–Trinajstić information content (AvgIpc) is 2.70. The van der Waals surface area contributed by atoms with Crippen molar-refractivity contribution in [2.45, 2.75) is 17.9 Å². The summed E-state index contributed by atoms with van der Waals surface area (Å²) >= 11 is 0. The Labute approximate surface area is 123 Å². The number of rotatable bonds is 3. The van der Waals surface area contributed by atoms with E-state index in [4.69, 9.17) is 5.73 Å². The topological polar surface area (TPSA) is 107 Å². The summed E-state index contributed by atoms with van der Waals surface area (Å²) in [5, 5.41) is 10.7. The number of nitrogens with two attached hydrogens (primary N) is 1. The molecule has 1 aromatic rings. The van der Waals surface area contributed by atoms with E-state index in [0.717, 1.165) is 6.07 Å². The highest BCUT2D eigenvalue weighted by molar-refractivity contribution is 7.89. The van der Waals surface area contributed by atoms with Crippen LogP contribution in [0.15, 0.2) is 29.2 Å². The van der Waals surface area contributed by atoms with Crippen LogP contribution in [0, 0.1) is 16.0 Å². The summed E-state index contributed by atoms with van der Waals surface area (Å²) in [6.07, 6.45) is 0. The number of benzene rings is 1. The van der Waals surface area contributed by atoms with Gasteiger partial charge in [-0.3, -0.25) is 10.1 Å². The fraction of sp³-hybridized carbons (Fsp3) is 0.455. The molecule has 0 radical (unpaired) electrons. The molecule has 1 aromatic carbocycles. The maximum Gasteiger partial charge on any atom is 0.270 e. The standard InChI is InChI=1S/C11H15N3O4S.ClH/c1-8-6-13(7-11(8)12)19(17,18)10-4-2-3-9(5-10)14(15)16;/h2-5,8,11H,6-7,12H2,1H3;1H. The minimum atomic E-state index is -3.71. The smallest absolute Gasteiger partial charge is 0.270 e. The second-order valence-electron chi connectivity index (χ2n) is 4.72. The molecule has 0 amide bonds. The highest BCUT2D eigenvalue weighted by atomic mass is 35.5. The van der Waals surface area contributed by atoms with Crippen LogP contribution in [0.3, 0.4) is 0 Å². The van der Waals surface area contributed by atoms with Gasteiger partial charge < -0.3 is 5.73 Å². The van der Waals surface area contributed by atoms with E-state index in [1.165, 1.54) is 22.5 Å². The molecule has 2 atom stereocenters. The van der Waals surface area contributed by atoms with Crippen molar-refractivity contribution in [3.8, 4) is 0 Å². The third-order valence-corrected chi connectivity index (χ3v) is 5.13. The van der Waals surface area contributed by atoms with Crippen molar-refractivity contribution in [3.05, 3.63) is 34.4 Å². The molecule has 0 aliphatic carbocycles. The van der Waals surface area contributed by atoms with Crippen molar-refractivity contribution >= 4 is 28.1 Å². The lowest BCUT2D eigenvalue weighted by atomic mass is 10.1. The number of sulfonamides is 1. The Hall–Kier alpha value is -1.22. The molecule has 0 spiro atoms. The quantitative estimate of drug-likeness (QED) is 0.659. The van der Waals surface area contributed by atoms with Crippen LogP contribution >= 0.6 is 12.4 Å². The van der Waals surface area contributed by atoms with Gasteiger partial charge >= 0.3 is 0 Å². The summed E-state index contributed by atoms with van der Waals surface area (Å²) in [6, 6.07) is 4.86. The van der Waals surface area contributed by atoms with Gasteiger partial charge in [-0.15, -0.1) is 12.4 Å². The van der Waals surface area contributed by atoms with Gasteiger partial charge in [0, 0.05) is 31.3 Å². The molecule has 1 aliphatic rings. The van der Waals surface area contributed by atoms with Gasteiger partial charge in [-0.2, -0.15) is 4.31 Å². The highest BCUT2D eigenvalue weighted by Gasteiger charge is 2.35. The van der Waals surface area contributed by atoms with Gasteiger partial charge in [-0.25, -0.2) is 8.42 Å². The predicted octanol–water partition coefficient (Wildman–Crippen LogP) is 0.984. The second kappa shape index (κ2) is 6.04. The SMILES string of the molecule is CC1CN(S(=O)(=O)c2cccc([N+](=O)[O-])c2)CC1N.Cl. The largest absolute Gasteiger partial charge is 0.326 e. The van der Waals surface area contributed by atoms with Crippen LogP contribution in [-0.2, 0) is 10.0 Å². The number of nitro benzene ring substituents is 1. The van der Waals surface area contributed by atoms with Crippen molar-refractivity contribution < 1.29 is 13.3 Å². The Bertz CT molecular complexity index is 597. The molecular formula is C11H16ClN3O4S. The Morgan fingerprint density at radius 2 is 2.05 bits per heavy atom.